The van der Waals surface area contributed by atoms with Gasteiger partial charge in [-0.3, -0.25) is 9.36 Å². The number of para-hydroxylation sites is 4. The first-order valence-electron chi connectivity index (χ1n) is 21.7. The van der Waals surface area contributed by atoms with Gasteiger partial charge in [0.2, 0.25) is 0 Å². The van der Waals surface area contributed by atoms with Gasteiger partial charge in [-0.15, -0.1) is 0 Å². The van der Waals surface area contributed by atoms with Gasteiger partial charge in [-0.25, -0.2) is 15.0 Å². The van der Waals surface area contributed by atoms with E-state index in [0.29, 0.717) is 22.9 Å². The molecule has 0 fully saturated rings. The topological polar surface area (TPSA) is 70.5 Å². The van der Waals surface area contributed by atoms with Crippen molar-refractivity contribution in [3.63, 3.8) is 0 Å². The summed E-state index contributed by atoms with van der Waals surface area (Å²) in [4.78, 5) is 30.4. The Bertz CT molecular complexity index is 4010. The van der Waals surface area contributed by atoms with Gasteiger partial charge in [0.05, 0.1) is 33.0 Å². The molecule has 13 rings (SSSR count). The lowest BCUT2D eigenvalue weighted by Gasteiger charge is -2.16. The summed E-state index contributed by atoms with van der Waals surface area (Å²) in [7, 11) is 0. The first-order valence-corrected chi connectivity index (χ1v) is 21.7. The summed E-state index contributed by atoms with van der Waals surface area (Å²) in [6, 6.07) is 74.7. The third-order valence-corrected chi connectivity index (χ3v) is 12.7. The normalized spacial score (nSPS) is 11.8. The molecular weight excluding hydrogens is 797 g/mol. The quantitative estimate of drug-likeness (QED) is 0.157. The fourth-order valence-corrected chi connectivity index (χ4v) is 9.74. The molecule has 65 heavy (non-hydrogen) atoms. The van der Waals surface area contributed by atoms with E-state index in [1.54, 1.807) is 0 Å². The second-order valence-electron chi connectivity index (χ2n) is 16.4. The van der Waals surface area contributed by atoms with Crippen LogP contribution in [0.15, 0.2) is 223 Å². The number of fused-ring (bicyclic) bond motifs is 9. The van der Waals surface area contributed by atoms with Crippen LogP contribution in [0.4, 0.5) is 0 Å². The van der Waals surface area contributed by atoms with Crippen LogP contribution in [0.5, 0.6) is 0 Å². The van der Waals surface area contributed by atoms with Gasteiger partial charge in [-0.2, -0.15) is 0 Å². The summed E-state index contributed by atoms with van der Waals surface area (Å²) in [6.45, 7) is 0. The zero-order valence-electron chi connectivity index (χ0n) is 34.9. The summed E-state index contributed by atoms with van der Waals surface area (Å²) >= 11 is 0. The first kappa shape index (κ1) is 36.7. The molecule has 13 aromatic rings. The summed E-state index contributed by atoms with van der Waals surface area (Å²) in [6.07, 6.45) is 0. The van der Waals surface area contributed by atoms with Gasteiger partial charge in [0, 0.05) is 60.7 Å². The minimum Gasteiger partial charge on any atom is -0.309 e. The highest BCUT2D eigenvalue weighted by molar-refractivity contribution is 6.21. The van der Waals surface area contributed by atoms with Crippen molar-refractivity contribution in [2.45, 2.75) is 0 Å². The Morgan fingerprint density at radius 2 is 0.662 bits per heavy atom. The standard InChI is InChI=1S/C58H36N6O/c65-58-49-35-52-46(33-45(49)48-34-47-44-29-13-15-30-50(44)62(40-23-9-3-10-24-40)53(47)36-54(48)64(58)41-25-11-4-12-26-41)43-28-14-16-31-51(43)63(52)42-27-17-22-39(32-42)57-60-55(37-18-5-1-6-19-37)59-56(61-57)38-20-7-2-8-21-38/h1-36H. The van der Waals surface area contributed by atoms with Crippen LogP contribution >= 0.6 is 0 Å². The molecule has 7 heteroatoms. The smallest absolute Gasteiger partial charge is 0.263 e. The Labute approximate surface area is 372 Å². The largest absolute Gasteiger partial charge is 0.309 e. The molecule has 0 radical (unpaired) electrons. The molecule has 0 aliphatic rings. The second-order valence-corrected chi connectivity index (χ2v) is 16.4. The van der Waals surface area contributed by atoms with Crippen molar-refractivity contribution < 1.29 is 0 Å². The molecule has 304 valence electrons. The molecule has 4 heterocycles. The molecule has 0 saturated carbocycles. The van der Waals surface area contributed by atoms with Crippen molar-refractivity contribution >= 4 is 65.3 Å². The van der Waals surface area contributed by atoms with Gasteiger partial charge in [0.15, 0.2) is 17.5 Å². The molecule has 4 aromatic heterocycles. The van der Waals surface area contributed by atoms with Crippen LogP contribution in [0.3, 0.4) is 0 Å². The molecule has 9 aromatic carbocycles. The van der Waals surface area contributed by atoms with Crippen LogP contribution in [-0.4, -0.2) is 28.7 Å². The number of aromatic nitrogens is 6. The van der Waals surface area contributed by atoms with Crippen molar-refractivity contribution in [1.29, 1.82) is 0 Å². The maximum absolute atomic E-state index is 15.4. The number of benzene rings is 9. The predicted octanol–water partition coefficient (Wildman–Crippen LogP) is 13.5. The monoisotopic (exact) mass is 832 g/mol. The number of nitrogens with zero attached hydrogens (tertiary/aromatic N) is 6. The first-order chi connectivity index (χ1) is 32.2. The summed E-state index contributed by atoms with van der Waals surface area (Å²) < 4.78 is 6.46. The van der Waals surface area contributed by atoms with Gasteiger partial charge in [-0.1, -0.05) is 146 Å². The van der Waals surface area contributed by atoms with Gasteiger partial charge in [-0.05, 0) is 78.2 Å². The third-order valence-electron chi connectivity index (χ3n) is 12.7. The molecule has 0 N–H and O–H groups in total. The molecule has 0 bridgehead atoms. The Morgan fingerprint density at radius 3 is 1.25 bits per heavy atom. The van der Waals surface area contributed by atoms with Gasteiger partial charge in [0.25, 0.3) is 5.56 Å². The highest BCUT2D eigenvalue weighted by Gasteiger charge is 2.22. The molecule has 0 spiro atoms. The third kappa shape index (κ3) is 5.83. The zero-order chi connectivity index (χ0) is 43.0. The maximum atomic E-state index is 15.4. The SMILES string of the molecule is O=c1c2cc3c(cc2c2cc4c5ccccc5n(-c5ccccc5)c4cc2n1-c1ccccc1)c1ccccc1n3-c1cccc(-c2nc(-c3ccccc3)nc(-c3ccccc3)n2)c1. The predicted molar refractivity (Wildman–Crippen MR) is 265 cm³/mol. The molecule has 0 saturated heterocycles. The van der Waals surface area contributed by atoms with E-state index in [2.05, 4.69) is 118 Å². The number of hydrogen-bond acceptors (Lipinski definition) is 4. The number of rotatable bonds is 6. The summed E-state index contributed by atoms with van der Waals surface area (Å²) in [5.41, 5.74) is 10.3. The van der Waals surface area contributed by atoms with E-state index in [0.717, 1.165) is 93.7 Å². The lowest BCUT2D eigenvalue weighted by molar-refractivity contribution is 1.06. The average Bonchev–Trinajstić information content (AvgIpc) is 3.88. The number of hydrogen-bond donors (Lipinski definition) is 0. The second kappa shape index (κ2) is 14.6. The molecule has 0 amide bonds. The lowest BCUT2D eigenvalue weighted by Crippen LogP contribution is -2.19. The molecular formula is C58H36N6O. The van der Waals surface area contributed by atoms with E-state index in [-0.39, 0.29) is 5.56 Å². The Hall–Kier alpha value is -8.94. The Morgan fingerprint density at radius 1 is 0.262 bits per heavy atom. The van der Waals surface area contributed by atoms with Crippen LogP contribution in [-0.2, 0) is 0 Å². The maximum Gasteiger partial charge on any atom is 0.263 e. The minimum absolute atomic E-state index is 0.0834. The average molecular weight is 833 g/mol. The van der Waals surface area contributed by atoms with Crippen LogP contribution < -0.4 is 5.56 Å². The fraction of sp³-hybridized carbons (Fsp3) is 0. The molecule has 0 atom stereocenters. The van der Waals surface area contributed by atoms with Crippen molar-refractivity contribution in [2.75, 3.05) is 0 Å². The zero-order valence-corrected chi connectivity index (χ0v) is 34.9. The Kier molecular flexibility index (Phi) is 8.23. The van der Waals surface area contributed by atoms with Crippen molar-refractivity contribution in [1.82, 2.24) is 28.7 Å². The molecule has 0 aliphatic carbocycles. The van der Waals surface area contributed by atoms with Gasteiger partial charge >= 0.3 is 0 Å². The van der Waals surface area contributed by atoms with Crippen LogP contribution in [0.2, 0.25) is 0 Å². The molecule has 7 nitrogen and oxygen atoms in total. The van der Waals surface area contributed by atoms with Crippen molar-refractivity contribution in [2.24, 2.45) is 0 Å². The minimum atomic E-state index is -0.0834. The van der Waals surface area contributed by atoms with E-state index in [1.165, 1.54) is 0 Å². The van der Waals surface area contributed by atoms with E-state index in [4.69, 9.17) is 15.0 Å². The highest BCUT2D eigenvalue weighted by atomic mass is 16.1. The number of pyridine rings is 1. The van der Waals surface area contributed by atoms with Crippen LogP contribution in [0.25, 0.3) is 117 Å². The van der Waals surface area contributed by atoms with Gasteiger partial charge in [0.1, 0.15) is 0 Å². The molecule has 0 aliphatic heterocycles. The fourth-order valence-electron chi connectivity index (χ4n) is 9.74. The van der Waals surface area contributed by atoms with Crippen molar-refractivity contribution in [3.8, 4) is 51.2 Å². The Balaban J connectivity index is 1.08. The van der Waals surface area contributed by atoms with Crippen LogP contribution in [0.1, 0.15) is 0 Å². The van der Waals surface area contributed by atoms with Crippen LogP contribution in [0, 0.1) is 0 Å². The van der Waals surface area contributed by atoms with Crippen molar-refractivity contribution in [3.05, 3.63) is 229 Å². The highest BCUT2D eigenvalue weighted by Crippen LogP contribution is 2.40. The van der Waals surface area contributed by atoms with E-state index in [9.17, 15) is 0 Å². The van der Waals surface area contributed by atoms with E-state index < -0.39 is 0 Å². The lowest BCUT2D eigenvalue weighted by atomic mass is 10.0. The van der Waals surface area contributed by atoms with E-state index >= 15 is 4.79 Å². The van der Waals surface area contributed by atoms with E-state index in [1.807, 2.05) is 114 Å². The summed E-state index contributed by atoms with van der Waals surface area (Å²) in [5, 5.41) is 6.98. The molecule has 0 unspecified atom stereocenters. The summed E-state index contributed by atoms with van der Waals surface area (Å²) in [5.74, 6) is 1.78. The van der Waals surface area contributed by atoms with Gasteiger partial charge < -0.3 is 9.13 Å².